The van der Waals surface area contributed by atoms with Crippen LogP contribution in [0.15, 0.2) is 30.3 Å². The van der Waals surface area contributed by atoms with Crippen molar-refractivity contribution in [3.63, 3.8) is 0 Å². The number of carbonyl (C=O) groups excluding carboxylic acids is 1. The second kappa shape index (κ2) is 5.58. The quantitative estimate of drug-likeness (QED) is 0.795. The van der Waals surface area contributed by atoms with Crippen LogP contribution in [0.1, 0.15) is 6.42 Å². The molecule has 0 aliphatic carbocycles. The largest absolute Gasteiger partial charge is 0.383 e. The Morgan fingerprint density at radius 1 is 1.32 bits per heavy atom. The Bertz CT molecular complexity index is 545. The van der Waals surface area contributed by atoms with Crippen molar-refractivity contribution in [1.82, 2.24) is 4.90 Å². The van der Waals surface area contributed by atoms with Gasteiger partial charge in [0.15, 0.2) is 0 Å². The Morgan fingerprint density at radius 2 is 2.00 bits per heavy atom. The zero-order valence-electron chi connectivity index (χ0n) is 10.5. The van der Waals surface area contributed by atoms with Gasteiger partial charge in [-0.1, -0.05) is 18.2 Å². The monoisotopic (exact) mass is 283 g/mol. The van der Waals surface area contributed by atoms with Gasteiger partial charge in [-0.05, 0) is 12.1 Å². The maximum atomic E-state index is 11.7. The molecule has 0 bridgehead atoms. The number of nitrogens with one attached hydrogen (secondary N) is 1. The highest BCUT2D eigenvalue weighted by molar-refractivity contribution is 7.89. The number of anilines is 1. The van der Waals surface area contributed by atoms with Gasteiger partial charge in [0.05, 0.1) is 0 Å². The van der Waals surface area contributed by atoms with Gasteiger partial charge < -0.3 is 10.2 Å². The maximum absolute atomic E-state index is 11.7. The lowest BCUT2D eigenvalue weighted by molar-refractivity contribution is -0.127. The van der Waals surface area contributed by atoms with Crippen LogP contribution in [0.2, 0.25) is 0 Å². The number of benzene rings is 1. The molecule has 0 spiro atoms. The molecule has 1 aliphatic rings. The normalized spacial score (nSPS) is 19.7. The summed E-state index contributed by atoms with van der Waals surface area (Å²) in [6.45, 7) is 1.24. The van der Waals surface area contributed by atoms with Crippen molar-refractivity contribution in [2.24, 2.45) is 5.14 Å². The number of primary sulfonamides is 1. The molecule has 1 saturated heterocycles. The Morgan fingerprint density at radius 3 is 2.58 bits per heavy atom. The minimum Gasteiger partial charge on any atom is -0.383 e. The van der Waals surface area contributed by atoms with Gasteiger partial charge in [-0.25, -0.2) is 13.6 Å². The topological polar surface area (TPSA) is 92.5 Å². The van der Waals surface area contributed by atoms with E-state index in [-0.39, 0.29) is 18.9 Å². The van der Waals surface area contributed by atoms with Crippen molar-refractivity contribution in [2.45, 2.75) is 11.7 Å². The second-order valence-electron chi connectivity index (χ2n) is 4.55. The number of hydrogen-bond acceptors (Lipinski definition) is 4. The summed E-state index contributed by atoms with van der Waals surface area (Å²) in [5, 5.41) is 7.47. The smallest absolute Gasteiger partial charge is 0.224 e. The van der Waals surface area contributed by atoms with Crippen LogP contribution in [-0.4, -0.2) is 44.1 Å². The number of nitrogens with zero attached hydrogens (tertiary/aromatic N) is 1. The molecule has 1 heterocycles. The van der Waals surface area contributed by atoms with E-state index >= 15 is 0 Å². The van der Waals surface area contributed by atoms with Crippen molar-refractivity contribution >= 4 is 21.6 Å². The number of hydrogen-bond donors (Lipinski definition) is 2. The number of para-hydroxylation sites is 1. The molecule has 0 radical (unpaired) electrons. The number of likely N-dealkylation sites (tertiary alicyclic amines) is 1. The summed E-state index contributed by atoms with van der Waals surface area (Å²) in [6.07, 6.45) is -0.00975. The molecule has 19 heavy (non-hydrogen) atoms. The van der Waals surface area contributed by atoms with Gasteiger partial charge in [0, 0.05) is 31.7 Å². The van der Waals surface area contributed by atoms with E-state index in [0.717, 1.165) is 5.69 Å². The summed E-state index contributed by atoms with van der Waals surface area (Å²) in [5.41, 5.74) is 0.970. The fourth-order valence-corrected chi connectivity index (χ4v) is 2.83. The summed E-state index contributed by atoms with van der Waals surface area (Å²) in [6, 6.07) is 9.62. The predicted molar refractivity (Wildman–Crippen MR) is 73.0 cm³/mol. The van der Waals surface area contributed by atoms with Gasteiger partial charge in [0.2, 0.25) is 15.9 Å². The van der Waals surface area contributed by atoms with E-state index in [0.29, 0.717) is 13.1 Å². The molecule has 6 nitrogen and oxygen atoms in total. The van der Waals surface area contributed by atoms with Crippen LogP contribution in [0.3, 0.4) is 0 Å². The Labute approximate surface area is 112 Å². The molecular formula is C12H17N3O3S. The van der Waals surface area contributed by atoms with E-state index < -0.39 is 15.3 Å². The van der Waals surface area contributed by atoms with E-state index in [9.17, 15) is 13.2 Å². The summed E-state index contributed by atoms with van der Waals surface area (Å²) in [7, 11) is -3.63. The molecular weight excluding hydrogens is 266 g/mol. The van der Waals surface area contributed by atoms with Crippen LogP contribution < -0.4 is 10.5 Å². The molecule has 104 valence electrons. The fourth-order valence-electron chi connectivity index (χ4n) is 2.06. The van der Waals surface area contributed by atoms with E-state index in [1.807, 2.05) is 30.3 Å². The first-order valence-electron chi connectivity index (χ1n) is 6.05. The average Bonchev–Trinajstić information content (AvgIpc) is 2.72. The molecule has 1 atom stereocenters. The minimum atomic E-state index is -3.63. The zero-order chi connectivity index (χ0) is 13.9. The van der Waals surface area contributed by atoms with Gasteiger partial charge in [0.1, 0.15) is 5.25 Å². The van der Waals surface area contributed by atoms with Crippen LogP contribution in [0.4, 0.5) is 5.69 Å². The Kier molecular flexibility index (Phi) is 4.06. The summed E-state index contributed by atoms with van der Waals surface area (Å²) < 4.78 is 22.4. The van der Waals surface area contributed by atoms with E-state index in [1.54, 1.807) is 0 Å². The van der Waals surface area contributed by atoms with Gasteiger partial charge in [-0.2, -0.15) is 0 Å². The first-order chi connectivity index (χ1) is 8.97. The molecule has 3 N–H and O–H groups in total. The summed E-state index contributed by atoms with van der Waals surface area (Å²) in [5.74, 6) is -0.158. The standard InChI is InChI=1S/C12H17N3O3S/c13-19(17,18)11-8-12(16)15(9-11)7-6-14-10-4-2-1-3-5-10/h1-5,11,14H,6-9H2,(H2,13,17,18). The fraction of sp³-hybridized carbons (Fsp3) is 0.417. The molecule has 1 unspecified atom stereocenters. The highest BCUT2D eigenvalue weighted by Crippen LogP contribution is 2.16. The number of nitrogens with two attached hydrogens (primary N) is 1. The molecule has 7 heteroatoms. The minimum absolute atomic E-state index is 0.00975. The lowest BCUT2D eigenvalue weighted by Crippen LogP contribution is -2.34. The van der Waals surface area contributed by atoms with Gasteiger partial charge in [0.25, 0.3) is 0 Å². The van der Waals surface area contributed by atoms with Crippen molar-refractivity contribution < 1.29 is 13.2 Å². The van der Waals surface area contributed by atoms with Crippen LogP contribution in [-0.2, 0) is 14.8 Å². The van der Waals surface area contributed by atoms with Crippen molar-refractivity contribution in [3.8, 4) is 0 Å². The van der Waals surface area contributed by atoms with Crippen LogP contribution in [0.25, 0.3) is 0 Å². The Balaban J connectivity index is 1.83. The Hall–Kier alpha value is -1.60. The van der Waals surface area contributed by atoms with E-state index in [1.165, 1.54) is 4.90 Å². The van der Waals surface area contributed by atoms with Crippen LogP contribution in [0.5, 0.6) is 0 Å². The molecule has 0 aromatic heterocycles. The average molecular weight is 283 g/mol. The number of amides is 1. The third-order valence-electron chi connectivity index (χ3n) is 3.13. The van der Waals surface area contributed by atoms with Gasteiger partial charge in [-0.15, -0.1) is 0 Å². The first-order valence-corrected chi connectivity index (χ1v) is 7.66. The highest BCUT2D eigenvalue weighted by atomic mass is 32.2. The number of sulfonamides is 1. The third kappa shape index (κ3) is 3.68. The highest BCUT2D eigenvalue weighted by Gasteiger charge is 2.35. The number of carbonyl (C=O) groups is 1. The number of rotatable bonds is 5. The maximum Gasteiger partial charge on any atom is 0.224 e. The van der Waals surface area contributed by atoms with Crippen molar-refractivity contribution in [3.05, 3.63) is 30.3 Å². The van der Waals surface area contributed by atoms with Crippen molar-refractivity contribution in [1.29, 1.82) is 0 Å². The first kappa shape index (κ1) is 13.8. The molecule has 1 amide bonds. The van der Waals surface area contributed by atoms with Crippen LogP contribution >= 0.6 is 0 Å². The van der Waals surface area contributed by atoms with Gasteiger partial charge >= 0.3 is 0 Å². The molecule has 1 aromatic carbocycles. The lowest BCUT2D eigenvalue weighted by Gasteiger charge is -2.16. The van der Waals surface area contributed by atoms with Crippen LogP contribution in [0, 0.1) is 0 Å². The van der Waals surface area contributed by atoms with Gasteiger partial charge in [-0.3, -0.25) is 4.79 Å². The van der Waals surface area contributed by atoms with Crippen molar-refractivity contribution in [2.75, 3.05) is 25.0 Å². The van der Waals surface area contributed by atoms with E-state index in [2.05, 4.69) is 5.32 Å². The molecule has 1 fully saturated rings. The second-order valence-corrected chi connectivity index (χ2v) is 6.39. The zero-order valence-corrected chi connectivity index (χ0v) is 11.3. The summed E-state index contributed by atoms with van der Waals surface area (Å²) >= 11 is 0. The predicted octanol–water partition coefficient (Wildman–Crippen LogP) is -0.0121. The molecule has 1 aliphatic heterocycles. The lowest BCUT2D eigenvalue weighted by atomic mass is 10.3. The third-order valence-corrected chi connectivity index (χ3v) is 4.37. The SMILES string of the molecule is NS(=O)(=O)C1CC(=O)N(CCNc2ccccc2)C1. The molecule has 1 aromatic rings. The molecule has 2 rings (SSSR count). The summed E-state index contributed by atoms with van der Waals surface area (Å²) in [4.78, 5) is 13.2. The van der Waals surface area contributed by atoms with E-state index in [4.69, 9.17) is 5.14 Å². The molecule has 0 saturated carbocycles.